The summed E-state index contributed by atoms with van der Waals surface area (Å²) in [6.45, 7) is 4.06. The molecule has 0 atom stereocenters. The standard InChI is InChI=1S/C7H17IN4/c1-11-5-3-8-2-4-10-12(9)7-6-11/h2-7,9H2,1H3/q-2. The summed E-state index contributed by atoms with van der Waals surface area (Å²) in [7, 11) is 2.15. The Morgan fingerprint density at radius 3 is 2.92 bits per heavy atom. The van der Waals surface area contributed by atoms with Gasteiger partial charge in [-0.05, 0) is 0 Å². The second-order valence-electron chi connectivity index (χ2n) is 2.90. The van der Waals surface area contributed by atoms with Crippen molar-refractivity contribution in [2.75, 3.05) is 42.1 Å². The molecule has 12 heavy (non-hydrogen) atoms. The fraction of sp³-hybridized carbons (Fsp3) is 1.00. The molecule has 1 aliphatic rings. The van der Waals surface area contributed by atoms with E-state index in [0.29, 0.717) is 21.2 Å². The monoisotopic (exact) mass is 284 g/mol. The molecular formula is C7H17IN4-2. The Hall–Kier alpha value is 0.570. The van der Waals surface area contributed by atoms with E-state index in [0.717, 1.165) is 19.6 Å². The van der Waals surface area contributed by atoms with Crippen molar-refractivity contribution in [3.8, 4) is 0 Å². The van der Waals surface area contributed by atoms with Gasteiger partial charge in [-0.3, -0.25) is 0 Å². The Balaban J connectivity index is 2.23. The molecule has 0 aromatic rings. The molecule has 74 valence electrons. The maximum absolute atomic E-state index is 5.64. The zero-order chi connectivity index (χ0) is 8.81. The van der Waals surface area contributed by atoms with Crippen LogP contribution in [0.15, 0.2) is 0 Å². The van der Waals surface area contributed by atoms with Crippen LogP contribution in [0.1, 0.15) is 0 Å². The summed E-state index contributed by atoms with van der Waals surface area (Å²) in [6.07, 6.45) is 0. The van der Waals surface area contributed by atoms with Gasteiger partial charge in [-0.2, -0.15) is 0 Å². The van der Waals surface area contributed by atoms with Gasteiger partial charge in [0.2, 0.25) is 0 Å². The predicted molar refractivity (Wildman–Crippen MR) is 46.4 cm³/mol. The van der Waals surface area contributed by atoms with E-state index in [1.165, 1.54) is 15.4 Å². The summed E-state index contributed by atoms with van der Waals surface area (Å²) in [5.41, 5.74) is 4.23. The zero-order valence-electron chi connectivity index (χ0n) is 7.54. The quantitative estimate of drug-likeness (QED) is 0.285. The van der Waals surface area contributed by atoms with Crippen LogP contribution >= 0.6 is 0 Å². The summed E-state index contributed by atoms with van der Waals surface area (Å²) in [4.78, 5) is 2.33. The van der Waals surface area contributed by atoms with E-state index in [1.54, 1.807) is 5.12 Å². The molecule has 0 amide bonds. The van der Waals surface area contributed by atoms with Crippen molar-refractivity contribution in [2.45, 2.75) is 0 Å². The minimum atomic E-state index is 0.376. The molecule has 0 aromatic heterocycles. The Morgan fingerprint density at radius 1 is 1.25 bits per heavy atom. The van der Waals surface area contributed by atoms with Gasteiger partial charge >= 0.3 is 84.6 Å². The second kappa shape index (κ2) is 6.09. The Bertz CT molecular complexity index is 108. The number of nitrogens with two attached hydrogens (primary N) is 1. The van der Waals surface area contributed by atoms with E-state index in [4.69, 9.17) is 5.84 Å². The van der Waals surface area contributed by atoms with E-state index in [-0.39, 0.29) is 0 Å². The molecule has 0 radical (unpaired) electrons. The predicted octanol–water partition coefficient (Wildman–Crippen LogP) is -3.51. The van der Waals surface area contributed by atoms with Crippen LogP contribution in [0.25, 0.3) is 5.43 Å². The fourth-order valence-corrected chi connectivity index (χ4v) is 3.24. The van der Waals surface area contributed by atoms with Crippen molar-refractivity contribution in [1.82, 2.24) is 10.0 Å². The number of halogens is 1. The molecule has 0 unspecified atom stereocenters. The van der Waals surface area contributed by atoms with Crippen molar-refractivity contribution in [3.05, 3.63) is 5.43 Å². The summed E-state index contributed by atoms with van der Waals surface area (Å²) in [5.74, 6) is 5.64. The first-order valence-electron chi connectivity index (χ1n) is 4.20. The van der Waals surface area contributed by atoms with Crippen molar-refractivity contribution in [2.24, 2.45) is 5.84 Å². The topological polar surface area (TPSA) is 46.6 Å². The van der Waals surface area contributed by atoms with Gasteiger partial charge < -0.3 is 0 Å². The maximum atomic E-state index is 5.64. The molecule has 1 heterocycles. The third-order valence-corrected chi connectivity index (χ3v) is 4.30. The molecule has 0 aliphatic carbocycles. The van der Waals surface area contributed by atoms with E-state index in [2.05, 4.69) is 17.4 Å². The van der Waals surface area contributed by atoms with Crippen molar-refractivity contribution >= 4 is 0 Å². The van der Waals surface area contributed by atoms with Gasteiger partial charge in [0.15, 0.2) is 0 Å². The van der Waals surface area contributed by atoms with E-state index < -0.39 is 0 Å². The van der Waals surface area contributed by atoms with Crippen molar-refractivity contribution in [1.29, 1.82) is 0 Å². The SMILES string of the molecule is CN1CC[I-]CC[N-]N(N)CC1. The minimum absolute atomic E-state index is 0.376. The number of hydrazine groups is 1. The molecule has 1 aliphatic heterocycles. The Kier molecular flexibility index (Phi) is 5.40. The van der Waals surface area contributed by atoms with Gasteiger partial charge in [0.05, 0.1) is 0 Å². The van der Waals surface area contributed by atoms with Crippen molar-refractivity contribution < 1.29 is 21.2 Å². The first-order valence-corrected chi connectivity index (χ1v) is 7.26. The van der Waals surface area contributed by atoms with E-state index >= 15 is 0 Å². The third-order valence-electron chi connectivity index (χ3n) is 1.81. The van der Waals surface area contributed by atoms with Gasteiger partial charge in [0.25, 0.3) is 0 Å². The summed E-state index contributed by atoms with van der Waals surface area (Å²) in [5, 5.41) is 1.59. The zero-order valence-corrected chi connectivity index (χ0v) is 9.70. The third kappa shape index (κ3) is 4.56. The molecule has 1 saturated heterocycles. The van der Waals surface area contributed by atoms with Gasteiger partial charge in [-0.15, -0.1) is 0 Å². The molecule has 5 heteroatoms. The number of hydrogen-bond acceptors (Lipinski definition) is 3. The Morgan fingerprint density at radius 2 is 2.08 bits per heavy atom. The van der Waals surface area contributed by atoms with E-state index in [9.17, 15) is 0 Å². The normalized spacial score (nSPS) is 26.2. The molecular weight excluding hydrogens is 267 g/mol. The van der Waals surface area contributed by atoms with Gasteiger partial charge in [-0.1, -0.05) is 0 Å². The van der Waals surface area contributed by atoms with Crippen LogP contribution < -0.4 is 27.0 Å². The average Bonchev–Trinajstić information content (AvgIpc) is 2.07. The number of likely N-dealkylation sites (N-methyl/N-ethyl adjacent to an activating group) is 1. The summed E-state index contributed by atoms with van der Waals surface area (Å²) in [6, 6.07) is 0. The van der Waals surface area contributed by atoms with E-state index in [1.807, 2.05) is 0 Å². The van der Waals surface area contributed by atoms with Crippen LogP contribution in [0.3, 0.4) is 0 Å². The first kappa shape index (κ1) is 10.6. The van der Waals surface area contributed by atoms with Crippen LogP contribution in [0, 0.1) is 0 Å². The van der Waals surface area contributed by atoms with Crippen LogP contribution in [0.5, 0.6) is 0 Å². The van der Waals surface area contributed by atoms with Crippen LogP contribution in [-0.2, 0) is 0 Å². The van der Waals surface area contributed by atoms with Crippen molar-refractivity contribution in [3.63, 3.8) is 0 Å². The number of alkyl halides is 2. The number of rotatable bonds is 0. The molecule has 2 N–H and O–H groups in total. The van der Waals surface area contributed by atoms with Crippen LogP contribution in [-0.4, -0.2) is 52.1 Å². The molecule has 0 saturated carbocycles. The molecule has 1 fully saturated rings. The van der Waals surface area contributed by atoms with Gasteiger partial charge in [-0.25, -0.2) is 0 Å². The molecule has 0 spiro atoms. The number of hydrogen-bond donors (Lipinski definition) is 1. The molecule has 0 aromatic carbocycles. The fourth-order valence-electron chi connectivity index (χ4n) is 0.980. The van der Waals surface area contributed by atoms with Gasteiger partial charge in [0.1, 0.15) is 0 Å². The Labute approximate surface area is 84.7 Å². The average molecular weight is 284 g/mol. The first-order chi connectivity index (χ1) is 5.79. The molecule has 4 nitrogen and oxygen atoms in total. The van der Waals surface area contributed by atoms with Gasteiger partial charge in [0, 0.05) is 0 Å². The summed E-state index contributed by atoms with van der Waals surface area (Å²) >= 11 is 0.376. The van der Waals surface area contributed by atoms with Crippen LogP contribution in [0.2, 0.25) is 0 Å². The molecule has 0 bridgehead atoms. The number of nitrogens with zero attached hydrogens (tertiary/aromatic N) is 3. The summed E-state index contributed by atoms with van der Waals surface area (Å²) < 4.78 is 2.68. The molecule has 1 rings (SSSR count). The van der Waals surface area contributed by atoms with Crippen LogP contribution in [0.4, 0.5) is 0 Å². The second-order valence-corrected chi connectivity index (χ2v) is 6.13.